The lowest BCUT2D eigenvalue weighted by Crippen LogP contribution is -2.58. The Morgan fingerprint density at radius 1 is 1.03 bits per heavy atom. The molecular formula is C25H27N5O. The molecule has 1 unspecified atom stereocenters. The zero-order valence-electron chi connectivity index (χ0n) is 17.9. The molecule has 2 heterocycles. The molecule has 1 fully saturated rings. The summed E-state index contributed by atoms with van der Waals surface area (Å²) in [4.78, 5) is 25.7. The smallest absolute Gasteiger partial charge is 0.322 e. The first kappa shape index (κ1) is 19.4. The Balaban J connectivity index is 1.36. The Morgan fingerprint density at radius 3 is 2.65 bits per heavy atom. The number of urea groups is 1. The second-order valence-electron chi connectivity index (χ2n) is 8.49. The molecule has 0 saturated carbocycles. The van der Waals surface area contributed by atoms with Crippen molar-refractivity contribution in [3.8, 4) is 0 Å². The second-order valence-corrected chi connectivity index (χ2v) is 8.49. The molecule has 4 aromatic rings. The average molecular weight is 414 g/mol. The van der Waals surface area contributed by atoms with E-state index in [1.54, 1.807) is 0 Å². The Bertz CT molecular complexity index is 1190. The fraction of sp³-hybridized carbons (Fsp3) is 0.280. The van der Waals surface area contributed by atoms with E-state index in [4.69, 9.17) is 4.98 Å². The number of carbonyl (C=O) groups excluding carboxylic acids is 1. The quantitative estimate of drug-likeness (QED) is 0.491. The third-order valence-corrected chi connectivity index (χ3v) is 6.16. The molecule has 31 heavy (non-hydrogen) atoms. The number of hydrogen-bond donors (Lipinski definition) is 2. The predicted molar refractivity (Wildman–Crippen MR) is 127 cm³/mol. The standard InChI is InChI=1S/C25H27N5O/c1-17(2)23-16-29(24-26-21-11-5-6-12-22(21)27-24)14-15-30(23)25(31)28-20-13-7-9-18-8-3-4-10-19(18)20/h3-13,17,23H,14-16H2,1-2H3,(H,26,27)(H,28,31). The van der Waals surface area contributed by atoms with Gasteiger partial charge >= 0.3 is 6.03 Å². The van der Waals surface area contributed by atoms with Crippen LogP contribution in [0.5, 0.6) is 0 Å². The molecule has 6 nitrogen and oxygen atoms in total. The Hall–Kier alpha value is -3.54. The molecule has 1 saturated heterocycles. The van der Waals surface area contributed by atoms with Crippen LogP contribution in [0.4, 0.5) is 16.4 Å². The summed E-state index contributed by atoms with van der Waals surface area (Å²) < 4.78 is 0. The van der Waals surface area contributed by atoms with Crippen molar-refractivity contribution in [2.24, 2.45) is 5.92 Å². The van der Waals surface area contributed by atoms with Crippen LogP contribution in [0, 0.1) is 5.92 Å². The molecule has 3 aromatic carbocycles. The monoisotopic (exact) mass is 413 g/mol. The number of H-pyrrole nitrogens is 1. The maximum absolute atomic E-state index is 13.3. The van der Waals surface area contributed by atoms with E-state index in [1.807, 2.05) is 59.5 Å². The number of fused-ring (bicyclic) bond motifs is 2. The molecule has 5 rings (SSSR count). The fourth-order valence-electron chi connectivity index (χ4n) is 4.44. The van der Waals surface area contributed by atoms with E-state index < -0.39 is 0 Å². The van der Waals surface area contributed by atoms with Gasteiger partial charge in [0.1, 0.15) is 0 Å². The number of aromatic nitrogens is 2. The van der Waals surface area contributed by atoms with Crippen molar-refractivity contribution in [2.75, 3.05) is 29.9 Å². The summed E-state index contributed by atoms with van der Waals surface area (Å²) >= 11 is 0. The highest BCUT2D eigenvalue weighted by Crippen LogP contribution is 2.26. The molecule has 0 bridgehead atoms. The van der Waals surface area contributed by atoms with Gasteiger partial charge < -0.3 is 20.1 Å². The van der Waals surface area contributed by atoms with E-state index in [1.165, 1.54) is 0 Å². The number of hydrogen-bond acceptors (Lipinski definition) is 3. The molecule has 2 amide bonds. The first-order valence-corrected chi connectivity index (χ1v) is 10.9. The van der Waals surface area contributed by atoms with E-state index in [0.717, 1.165) is 46.5 Å². The first-order valence-electron chi connectivity index (χ1n) is 10.9. The number of para-hydroxylation sites is 2. The number of imidazole rings is 1. The van der Waals surface area contributed by atoms with E-state index in [-0.39, 0.29) is 12.1 Å². The summed E-state index contributed by atoms with van der Waals surface area (Å²) in [6, 6.07) is 22.3. The lowest BCUT2D eigenvalue weighted by Gasteiger charge is -2.43. The maximum atomic E-state index is 13.3. The van der Waals surface area contributed by atoms with Gasteiger partial charge in [-0.1, -0.05) is 62.4 Å². The SMILES string of the molecule is CC(C)C1CN(c2nc3ccccc3[nH]2)CCN1C(=O)Nc1cccc2ccccc12. The summed E-state index contributed by atoms with van der Waals surface area (Å²) in [6.45, 7) is 6.49. The lowest BCUT2D eigenvalue weighted by molar-refractivity contribution is 0.156. The van der Waals surface area contributed by atoms with Crippen LogP contribution in [0.2, 0.25) is 0 Å². The number of nitrogens with one attached hydrogen (secondary N) is 2. The topological polar surface area (TPSA) is 64.3 Å². The molecule has 0 radical (unpaired) electrons. The van der Waals surface area contributed by atoms with Crippen LogP contribution in [-0.4, -0.2) is 46.6 Å². The lowest BCUT2D eigenvalue weighted by atomic mass is 10.00. The number of rotatable bonds is 3. The van der Waals surface area contributed by atoms with Gasteiger partial charge in [-0.25, -0.2) is 9.78 Å². The fourth-order valence-corrected chi connectivity index (χ4v) is 4.44. The van der Waals surface area contributed by atoms with Crippen LogP contribution in [-0.2, 0) is 0 Å². The highest BCUT2D eigenvalue weighted by atomic mass is 16.2. The highest BCUT2D eigenvalue weighted by Gasteiger charge is 2.33. The van der Waals surface area contributed by atoms with Crippen molar-refractivity contribution < 1.29 is 4.79 Å². The van der Waals surface area contributed by atoms with Crippen LogP contribution in [0.1, 0.15) is 13.8 Å². The molecule has 158 valence electrons. The molecular weight excluding hydrogens is 386 g/mol. The van der Waals surface area contributed by atoms with Gasteiger partial charge in [-0.15, -0.1) is 0 Å². The second kappa shape index (κ2) is 7.95. The summed E-state index contributed by atoms with van der Waals surface area (Å²) in [5.74, 6) is 1.20. The van der Waals surface area contributed by atoms with Crippen molar-refractivity contribution in [3.05, 3.63) is 66.7 Å². The Labute approximate surface area is 181 Å². The van der Waals surface area contributed by atoms with Gasteiger partial charge in [-0.2, -0.15) is 0 Å². The number of anilines is 2. The molecule has 0 aliphatic carbocycles. The number of benzene rings is 3. The third kappa shape index (κ3) is 3.69. The summed E-state index contributed by atoms with van der Waals surface area (Å²) in [5, 5.41) is 5.34. The van der Waals surface area contributed by atoms with E-state index in [2.05, 4.69) is 41.2 Å². The normalized spacial score (nSPS) is 16.9. The van der Waals surface area contributed by atoms with Gasteiger partial charge in [0.15, 0.2) is 0 Å². The van der Waals surface area contributed by atoms with Gasteiger partial charge in [-0.3, -0.25) is 0 Å². The predicted octanol–water partition coefficient (Wildman–Crippen LogP) is 5.09. The highest BCUT2D eigenvalue weighted by molar-refractivity contribution is 6.01. The Kier molecular flexibility index (Phi) is 4.98. The minimum Gasteiger partial charge on any atom is -0.339 e. The molecule has 0 spiro atoms. The van der Waals surface area contributed by atoms with Crippen molar-refractivity contribution >= 4 is 39.5 Å². The van der Waals surface area contributed by atoms with E-state index in [9.17, 15) is 4.79 Å². The minimum absolute atomic E-state index is 0.0423. The number of carbonyl (C=O) groups is 1. The van der Waals surface area contributed by atoms with E-state index in [0.29, 0.717) is 12.5 Å². The maximum Gasteiger partial charge on any atom is 0.322 e. The van der Waals surface area contributed by atoms with Gasteiger partial charge in [-0.05, 0) is 29.5 Å². The van der Waals surface area contributed by atoms with Crippen molar-refractivity contribution in [1.29, 1.82) is 0 Å². The van der Waals surface area contributed by atoms with Gasteiger partial charge in [0.2, 0.25) is 5.95 Å². The summed E-state index contributed by atoms with van der Waals surface area (Å²) in [6.07, 6.45) is 0. The van der Waals surface area contributed by atoms with Gasteiger partial charge in [0, 0.05) is 25.0 Å². The largest absolute Gasteiger partial charge is 0.339 e. The van der Waals surface area contributed by atoms with Crippen molar-refractivity contribution in [2.45, 2.75) is 19.9 Å². The first-order chi connectivity index (χ1) is 15.1. The molecule has 1 atom stereocenters. The Morgan fingerprint density at radius 2 is 1.81 bits per heavy atom. The summed E-state index contributed by atoms with van der Waals surface area (Å²) in [5.41, 5.74) is 2.86. The minimum atomic E-state index is -0.0423. The number of nitrogens with zero attached hydrogens (tertiary/aromatic N) is 3. The van der Waals surface area contributed by atoms with Crippen LogP contribution in [0.25, 0.3) is 21.8 Å². The van der Waals surface area contributed by atoms with Gasteiger partial charge in [0.05, 0.1) is 22.8 Å². The third-order valence-electron chi connectivity index (χ3n) is 6.16. The van der Waals surface area contributed by atoms with Gasteiger partial charge in [0.25, 0.3) is 0 Å². The van der Waals surface area contributed by atoms with Crippen LogP contribution in [0.15, 0.2) is 66.7 Å². The zero-order chi connectivity index (χ0) is 21.4. The molecule has 2 N–H and O–H groups in total. The number of aromatic amines is 1. The van der Waals surface area contributed by atoms with E-state index >= 15 is 0 Å². The van der Waals surface area contributed by atoms with Crippen LogP contribution < -0.4 is 10.2 Å². The van der Waals surface area contributed by atoms with Crippen molar-refractivity contribution in [3.63, 3.8) is 0 Å². The van der Waals surface area contributed by atoms with Crippen molar-refractivity contribution in [1.82, 2.24) is 14.9 Å². The van der Waals surface area contributed by atoms with Crippen LogP contribution in [0.3, 0.4) is 0 Å². The zero-order valence-corrected chi connectivity index (χ0v) is 17.9. The van der Waals surface area contributed by atoms with Crippen LogP contribution >= 0.6 is 0 Å². The number of piperazine rings is 1. The molecule has 1 aromatic heterocycles. The number of amides is 2. The average Bonchev–Trinajstić information content (AvgIpc) is 3.23. The molecule has 6 heteroatoms. The molecule has 1 aliphatic heterocycles. The summed E-state index contributed by atoms with van der Waals surface area (Å²) in [7, 11) is 0. The molecule has 1 aliphatic rings.